The summed E-state index contributed by atoms with van der Waals surface area (Å²) in [6, 6.07) is 13.6. The lowest BCUT2D eigenvalue weighted by molar-refractivity contribution is -0.116. The molecule has 3 aromatic rings. The minimum absolute atomic E-state index is 0.0838. The van der Waals surface area contributed by atoms with Crippen molar-refractivity contribution in [3.8, 4) is 6.07 Å². The first-order valence-corrected chi connectivity index (χ1v) is 7.90. The van der Waals surface area contributed by atoms with Gasteiger partial charge in [0.1, 0.15) is 6.07 Å². The van der Waals surface area contributed by atoms with Gasteiger partial charge in [-0.3, -0.25) is 14.2 Å². The van der Waals surface area contributed by atoms with E-state index in [0.29, 0.717) is 27.2 Å². The van der Waals surface area contributed by atoms with E-state index in [0.717, 1.165) is 0 Å². The molecule has 0 aliphatic heterocycles. The van der Waals surface area contributed by atoms with E-state index in [2.05, 4.69) is 10.3 Å². The number of hydrogen-bond donors (Lipinski definition) is 1. The molecule has 0 unspecified atom stereocenters. The standard InChI is InChI=1S/C18H13ClN4O2/c19-13-5-6-14-16(9-13)21-11-23(18(14)25)8-7-17(24)22-15-4-2-1-3-12(15)10-20/h1-6,9,11H,7-8H2,(H,22,24). The predicted molar refractivity (Wildman–Crippen MR) is 95.4 cm³/mol. The van der Waals surface area contributed by atoms with Crippen molar-refractivity contribution >= 4 is 34.1 Å². The highest BCUT2D eigenvalue weighted by atomic mass is 35.5. The van der Waals surface area contributed by atoms with E-state index >= 15 is 0 Å². The fraction of sp³-hybridized carbons (Fsp3) is 0.111. The van der Waals surface area contributed by atoms with Crippen LogP contribution < -0.4 is 10.9 Å². The number of hydrogen-bond acceptors (Lipinski definition) is 4. The highest BCUT2D eigenvalue weighted by molar-refractivity contribution is 6.31. The summed E-state index contributed by atoms with van der Waals surface area (Å²) < 4.78 is 1.38. The molecule has 3 rings (SSSR count). The van der Waals surface area contributed by atoms with Crippen LogP contribution in [0.2, 0.25) is 5.02 Å². The minimum atomic E-state index is -0.286. The fourth-order valence-electron chi connectivity index (χ4n) is 2.42. The van der Waals surface area contributed by atoms with Crippen molar-refractivity contribution in [2.45, 2.75) is 13.0 Å². The molecule has 1 amide bonds. The van der Waals surface area contributed by atoms with E-state index in [1.165, 1.54) is 10.9 Å². The summed E-state index contributed by atoms with van der Waals surface area (Å²) in [6.07, 6.45) is 1.48. The Bertz CT molecular complexity index is 1050. The number of anilines is 1. The predicted octanol–water partition coefficient (Wildman–Crippen LogP) is 2.95. The zero-order chi connectivity index (χ0) is 17.8. The van der Waals surface area contributed by atoms with Gasteiger partial charge < -0.3 is 5.32 Å². The van der Waals surface area contributed by atoms with Gasteiger partial charge >= 0.3 is 0 Å². The van der Waals surface area contributed by atoms with Crippen LogP contribution in [0.15, 0.2) is 53.6 Å². The molecule has 124 valence electrons. The van der Waals surface area contributed by atoms with E-state index in [-0.39, 0.29) is 24.4 Å². The van der Waals surface area contributed by atoms with Crippen LogP contribution in [0.1, 0.15) is 12.0 Å². The quantitative estimate of drug-likeness (QED) is 0.781. The van der Waals surface area contributed by atoms with Gasteiger partial charge in [0.15, 0.2) is 0 Å². The molecular weight excluding hydrogens is 340 g/mol. The van der Waals surface area contributed by atoms with Gasteiger partial charge in [0.05, 0.1) is 28.5 Å². The van der Waals surface area contributed by atoms with Crippen molar-refractivity contribution in [1.82, 2.24) is 9.55 Å². The summed E-state index contributed by atoms with van der Waals surface area (Å²) >= 11 is 5.89. The summed E-state index contributed by atoms with van der Waals surface area (Å²) in [6.45, 7) is 0.185. The summed E-state index contributed by atoms with van der Waals surface area (Å²) in [7, 11) is 0. The topological polar surface area (TPSA) is 87.8 Å². The average Bonchev–Trinajstić information content (AvgIpc) is 2.61. The monoisotopic (exact) mass is 352 g/mol. The third-order valence-corrected chi connectivity index (χ3v) is 3.92. The number of nitrogens with zero attached hydrogens (tertiary/aromatic N) is 3. The highest BCUT2D eigenvalue weighted by Gasteiger charge is 2.09. The molecule has 0 saturated heterocycles. The highest BCUT2D eigenvalue weighted by Crippen LogP contribution is 2.15. The van der Waals surface area contributed by atoms with Crippen molar-refractivity contribution in [1.29, 1.82) is 5.26 Å². The Morgan fingerprint density at radius 2 is 2.08 bits per heavy atom. The molecule has 0 saturated carbocycles. The molecule has 0 spiro atoms. The molecule has 7 heteroatoms. The minimum Gasteiger partial charge on any atom is -0.325 e. The Labute approximate surface area is 148 Å². The normalized spacial score (nSPS) is 10.4. The molecule has 1 heterocycles. The van der Waals surface area contributed by atoms with Gasteiger partial charge in [-0.2, -0.15) is 5.26 Å². The second kappa shape index (κ2) is 7.16. The number of nitriles is 1. The molecule has 2 aromatic carbocycles. The zero-order valence-electron chi connectivity index (χ0n) is 13.1. The number of fused-ring (bicyclic) bond motifs is 1. The number of nitrogens with one attached hydrogen (secondary N) is 1. The molecule has 0 atom stereocenters. The van der Waals surface area contributed by atoms with E-state index in [1.54, 1.807) is 42.5 Å². The van der Waals surface area contributed by atoms with Gasteiger partial charge in [0.2, 0.25) is 5.91 Å². The number of halogens is 1. The maximum atomic E-state index is 12.4. The molecule has 0 radical (unpaired) electrons. The Hall–Kier alpha value is -3.17. The van der Waals surface area contributed by atoms with E-state index < -0.39 is 0 Å². The van der Waals surface area contributed by atoms with Crippen LogP contribution in [0, 0.1) is 11.3 Å². The molecule has 0 aliphatic rings. The Balaban J connectivity index is 1.73. The van der Waals surface area contributed by atoms with E-state index in [4.69, 9.17) is 16.9 Å². The largest absolute Gasteiger partial charge is 0.325 e. The number of aromatic nitrogens is 2. The summed E-state index contributed by atoms with van der Waals surface area (Å²) in [5.74, 6) is -0.286. The van der Waals surface area contributed by atoms with Crippen LogP contribution in [0.25, 0.3) is 10.9 Å². The molecule has 0 aliphatic carbocycles. The van der Waals surface area contributed by atoms with Crippen molar-refractivity contribution < 1.29 is 4.79 Å². The molecule has 6 nitrogen and oxygen atoms in total. The van der Waals surface area contributed by atoms with Gasteiger partial charge in [0.25, 0.3) is 5.56 Å². The van der Waals surface area contributed by atoms with Crippen LogP contribution in [0.3, 0.4) is 0 Å². The second-order valence-electron chi connectivity index (χ2n) is 5.36. The van der Waals surface area contributed by atoms with Crippen molar-refractivity contribution in [3.63, 3.8) is 0 Å². The van der Waals surface area contributed by atoms with Gasteiger partial charge in [-0.1, -0.05) is 23.7 Å². The Morgan fingerprint density at radius 3 is 2.88 bits per heavy atom. The number of carbonyl (C=O) groups is 1. The first-order chi connectivity index (χ1) is 12.1. The third-order valence-electron chi connectivity index (χ3n) is 3.69. The van der Waals surface area contributed by atoms with Gasteiger partial charge in [-0.05, 0) is 30.3 Å². The number of carbonyl (C=O) groups excluding carboxylic acids is 1. The summed E-state index contributed by atoms with van der Waals surface area (Å²) in [5.41, 5.74) is 1.12. The SMILES string of the molecule is N#Cc1ccccc1NC(=O)CCn1cnc2cc(Cl)ccc2c1=O. The Morgan fingerprint density at radius 1 is 1.28 bits per heavy atom. The molecule has 1 aromatic heterocycles. The number of para-hydroxylation sites is 1. The van der Waals surface area contributed by atoms with Crippen molar-refractivity contribution in [2.75, 3.05) is 5.32 Å². The fourth-order valence-corrected chi connectivity index (χ4v) is 2.58. The third kappa shape index (κ3) is 3.67. The zero-order valence-corrected chi connectivity index (χ0v) is 13.8. The van der Waals surface area contributed by atoms with Crippen molar-refractivity contribution in [2.24, 2.45) is 0 Å². The number of aryl methyl sites for hydroxylation is 1. The van der Waals surface area contributed by atoms with Gasteiger partial charge in [0, 0.05) is 18.0 Å². The smallest absolute Gasteiger partial charge is 0.261 e. The number of rotatable bonds is 4. The van der Waals surface area contributed by atoms with Crippen LogP contribution in [0.5, 0.6) is 0 Å². The van der Waals surface area contributed by atoms with Gasteiger partial charge in [-0.15, -0.1) is 0 Å². The maximum absolute atomic E-state index is 12.4. The molecule has 0 fully saturated rings. The second-order valence-corrected chi connectivity index (χ2v) is 5.80. The molecule has 25 heavy (non-hydrogen) atoms. The van der Waals surface area contributed by atoms with Crippen LogP contribution in [-0.4, -0.2) is 15.5 Å². The van der Waals surface area contributed by atoms with E-state index in [9.17, 15) is 9.59 Å². The van der Waals surface area contributed by atoms with Crippen LogP contribution in [0.4, 0.5) is 5.69 Å². The van der Waals surface area contributed by atoms with Crippen LogP contribution in [-0.2, 0) is 11.3 Å². The maximum Gasteiger partial charge on any atom is 0.261 e. The van der Waals surface area contributed by atoms with Crippen molar-refractivity contribution in [3.05, 3.63) is 69.7 Å². The molecule has 1 N–H and O–H groups in total. The summed E-state index contributed by atoms with van der Waals surface area (Å²) in [5, 5.41) is 12.7. The van der Waals surface area contributed by atoms with E-state index in [1.807, 2.05) is 6.07 Å². The molecular formula is C18H13ClN4O2. The lowest BCUT2D eigenvalue weighted by atomic mass is 10.2. The van der Waals surface area contributed by atoms with Gasteiger partial charge in [-0.25, -0.2) is 4.98 Å². The first-order valence-electron chi connectivity index (χ1n) is 7.52. The van der Waals surface area contributed by atoms with Crippen LogP contribution >= 0.6 is 11.6 Å². The summed E-state index contributed by atoms with van der Waals surface area (Å²) in [4.78, 5) is 28.7. The average molecular weight is 353 g/mol. The lowest BCUT2D eigenvalue weighted by Crippen LogP contribution is -2.23. The Kier molecular flexibility index (Phi) is 4.78. The number of amides is 1. The first kappa shape index (κ1) is 16.7. The lowest BCUT2D eigenvalue weighted by Gasteiger charge is -2.08. The number of benzene rings is 2. The molecule has 0 bridgehead atoms.